The minimum Gasteiger partial charge on any atom is -0.457 e. The summed E-state index contributed by atoms with van der Waals surface area (Å²) in [5, 5.41) is -0.206. The zero-order valence-corrected chi connectivity index (χ0v) is 15.6. The van der Waals surface area contributed by atoms with Gasteiger partial charge in [-0.15, -0.1) is 0 Å². The van der Waals surface area contributed by atoms with Crippen molar-refractivity contribution < 1.29 is 26.8 Å². The topological polar surface area (TPSA) is 103 Å². The first kappa shape index (κ1) is 18.9. The third-order valence-corrected chi connectivity index (χ3v) is 5.33. The lowest BCUT2D eigenvalue weighted by atomic mass is 10.2. The smallest absolute Gasteiger partial charge is 0.312 e. The van der Waals surface area contributed by atoms with Crippen LogP contribution in [0.2, 0.25) is 0 Å². The number of esters is 1. The Bertz CT molecular complexity index is 1020. The van der Waals surface area contributed by atoms with Crippen LogP contribution in [0.4, 0.5) is 0 Å². The maximum atomic E-state index is 12.0. The summed E-state index contributed by atoms with van der Waals surface area (Å²) in [5.74, 6) is 0.119. The summed E-state index contributed by atoms with van der Waals surface area (Å²) in [4.78, 5) is 16.2. The van der Waals surface area contributed by atoms with E-state index >= 15 is 0 Å². The summed E-state index contributed by atoms with van der Waals surface area (Å²) in [5.41, 5.74) is 1.25. The average Bonchev–Trinajstić information content (AvgIpc) is 3.30. The van der Waals surface area contributed by atoms with E-state index in [4.69, 9.17) is 13.6 Å². The third-order valence-electron chi connectivity index (χ3n) is 3.65. The van der Waals surface area contributed by atoms with Crippen LogP contribution in [0.3, 0.4) is 0 Å². The lowest BCUT2D eigenvalue weighted by molar-refractivity contribution is -0.144. The number of furan rings is 1. The summed E-state index contributed by atoms with van der Waals surface area (Å²) in [6.45, 7) is -0.175. The van der Waals surface area contributed by atoms with Gasteiger partial charge in [-0.2, -0.15) is 0 Å². The molecule has 0 saturated heterocycles. The van der Waals surface area contributed by atoms with Crippen LogP contribution in [0.5, 0.6) is 0 Å². The van der Waals surface area contributed by atoms with Gasteiger partial charge in [0.05, 0.1) is 12.1 Å². The molecule has 142 valence electrons. The summed E-state index contributed by atoms with van der Waals surface area (Å²) >= 11 is 0. The molecule has 2 heterocycles. The molecule has 27 heavy (non-hydrogen) atoms. The Morgan fingerprint density at radius 1 is 1.15 bits per heavy atom. The van der Waals surface area contributed by atoms with Gasteiger partial charge in [-0.25, -0.2) is 17.7 Å². The first-order chi connectivity index (χ1) is 12.9. The average molecular weight is 390 g/mol. The first-order valence-corrected chi connectivity index (χ1v) is 9.47. The van der Waals surface area contributed by atoms with Gasteiger partial charge in [0.25, 0.3) is 10.0 Å². The van der Waals surface area contributed by atoms with Gasteiger partial charge in [-0.1, -0.05) is 18.2 Å². The van der Waals surface area contributed by atoms with Crippen LogP contribution in [0.25, 0.3) is 11.5 Å². The van der Waals surface area contributed by atoms with Crippen molar-refractivity contribution in [3.05, 3.63) is 60.2 Å². The van der Waals surface area contributed by atoms with E-state index in [1.54, 1.807) is 0 Å². The summed E-state index contributed by atoms with van der Waals surface area (Å²) in [7, 11) is -0.859. The van der Waals surface area contributed by atoms with Crippen LogP contribution in [0.15, 0.2) is 62.7 Å². The molecule has 0 bridgehead atoms. The van der Waals surface area contributed by atoms with Crippen molar-refractivity contribution in [2.75, 3.05) is 14.1 Å². The highest BCUT2D eigenvalue weighted by Crippen LogP contribution is 2.19. The Hall–Kier alpha value is -2.91. The molecule has 0 spiro atoms. The molecule has 0 atom stereocenters. The normalized spacial score (nSPS) is 11.7. The van der Waals surface area contributed by atoms with Crippen molar-refractivity contribution in [1.82, 2.24) is 9.29 Å². The number of sulfonamides is 1. The minimum absolute atomic E-state index is 0.0695. The Morgan fingerprint density at radius 3 is 2.59 bits per heavy atom. The quantitative estimate of drug-likeness (QED) is 0.571. The van der Waals surface area contributed by atoms with Crippen molar-refractivity contribution in [3.63, 3.8) is 0 Å². The lowest BCUT2D eigenvalue weighted by Gasteiger charge is -2.07. The van der Waals surface area contributed by atoms with Crippen LogP contribution < -0.4 is 0 Å². The summed E-state index contributed by atoms with van der Waals surface area (Å²) in [6, 6.07) is 12.1. The molecule has 0 saturated carbocycles. The van der Waals surface area contributed by atoms with Crippen molar-refractivity contribution in [2.45, 2.75) is 18.1 Å². The molecule has 0 amide bonds. The van der Waals surface area contributed by atoms with Gasteiger partial charge in [-0.05, 0) is 24.3 Å². The highest BCUT2D eigenvalue weighted by atomic mass is 32.2. The van der Waals surface area contributed by atoms with Crippen LogP contribution in [-0.2, 0) is 32.6 Å². The molecule has 0 unspecified atom stereocenters. The number of rotatable bonds is 7. The molecule has 0 aliphatic rings. The van der Waals surface area contributed by atoms with Crippen LogP contribution in [-0.4, -0.2) is 37.8 Å². The summed E-state index contributed by atoms with van der Waals surface area (Å²) in [6.07, 6.45) is 1.33. The number of carbonyl (C=O) groups excluding carboxylic acids is 1. The van der Waals surface area contributed by atoms with E-state index in [-0.39, 0.29) is 23.9 Å². The van der Waals surface area contributed by atoms with Gasteiger partial charge in [0, 0.05) is 19.7 Å². The van der Waals surface area contributed by atoms with E-state index in [9.17, 15) is 13.2 Å². The SMILES string of the molecule is CN(C)S(=O)(=O)c1ccc(COC(=O)Cc2coc(-c3ccccc3)n2)o1. The monoisotopic (exact) mass is 390 g/mol. The molecule has 0 aliphatic carbocycles. The van der Waals surface area contributed by atoms with Crippen LogP contribution in [0.1, 0.15) is 11.5 Å². The van der Waals surface area contributed by atoms with Gasteiger partial charge in [-0.3, -0.25) is 4.79 Å². The second-order valence-corrected chi connectivity index (χ2v) is 7.94. The Labute approximate surface area is 156 Å². The van der Waals surface area contributed by atoms with E-state index in [1.165, 1.54) is 32.5 Å². The first-order valence-electron chi connectivity index (χ1n) is 8.03. The van der Waals surface area contributed by atoms with Crippen molar-refractivity contribution in [1.29, 1.82) is 0 Å². The molecule has 8 nitrogen and oxygen atoms in total. The number of aromatic nitrogens is 1. The molecule has 3 rings (SSSR count). The number of ether oxygens (including phenoxy) is 1. The third kappa shape index (κ3) is 4.44. The van der Waals surface area contributed by atoms with Gasteiger partial charge < -0.3 is 13.6 Å². The zero-order valence-electron chi connectivity index (χ0n) is 14.8. The lowest BCUT2D eigenvalue weighted by Crippen LogP contribution is -2.21. The number of benzene rings is 1. The second-order valence-electron chi connectivity index (χ2n) is 5.86. The number of carbonyl (C=O) groups is 1. The highest BCUT2D eigenvalue weighted by Gasteiger charge is 2.22. The summed E-state index contributed by atoms with van der Waals surface area (Å²) < 4.78 is 40.6. The number of hydrogen-bond donors (Lipinski definition) is 0. The van der Waals surface area contributed by atoms with E-state index in [2.05, 4.69) is 4.98 Å². The fourth-order valence-corrected chi connectivity index (χ4v) is 3.02. The molecule has 3 aromatic rings. The fraction of sp³-hybridized carbons (Fsp3) is 0.222. The minimum atomic E-state index is -3.66. The number of hydrogen-bond acceptors (Lipinski definition) is 7. The van der Waals surface area contributed by atoms with Crippen LogP contribution in [0, 0.1) is 0 Å². The van der Waals surface area contributed by atoms with Crippen molar-refractivity contribution in [3.8, 4) is 11.5 Å². The standard InChI is InChI=1S/C18H18N2O6S/c1-20(2)27(22,23)17-9-8-15(26-17)12-24-16(21)10-14-11-25-18(19-14)13-6-4-3-5-7-13/h3-9,11H,10,12H2,1-2H3. The zero-order chi connectivity index (χ0) is 19.4. The highest BCUT2D eigenvalue weighted by molar-refractivity contribution is 7.88. The van der Waals surface area contributed by atoms with Crippen molar-refractivity contribution in [2.24, 2.45) is 0 Å². The van der Waals surface area contributed by atoms with Gasteiger partial charge >= 0.3 is 5.97 Å². The molecule has 0 radical (unpaired) electrons. The van der Waals surface area contributed by atoms with Crippen molar-refractivity contribution >= 4 is 16.0 Å². The maximum Gasteiger partial charge on any atom is 0.312 e. The second kappa shape index (κ2) is 7.77. The Kier molecular flexibility index (Phi) is 5.43. The van der Waals surface area contributed by atoms with Gasteiger partial charge in [0.1, 0.15) is 18.6 Å². The van der Waals surface area contributed by atoms with E-state index in [0.29, 0.717) is 11.6 Å². The molecular weight excluding hydrogens is 372 g/mol. The number of oxazole rings is 1. The molecule has 0 N–H and O–H groups in total. The van der Waals surface area contributed by atoms with Gasteiger partial charge in [0.15, 0.2) is 0 Å². The molecular formula is C18H18N2O6S. The Morgan fingerprint density at radius 2 is 1.89 bits per heavy atom. The molecule has 0 aliphatic heterocycles. The predicted octanol–water partition coefficient (Wildman–Crippen LogP) is 2.47. The van der Waals surface area contributed by atoms with E-state index < -0.39 is 16.0 Å². The fourth-order valence-electron chi connectivity index (χ4n) is 2.21. The Balaban J connectivity index is 1.57. The number of nitrogens with zero attached hydrogens (tertiary/aromatic N) is 2. The molecule has 2 aromatic heterocycles. The largest absolute Gasteiger partial charge is 0.457 e. The maximum absolute atomic E-state index is 12.0. The molecule has 9 heteroatoms. The van der Waals surface area contributed by atoms with E-state index in [0.717, 1.165) is 9.87 Å². The van der Waals surface area contributed by atoms with Gasteiger partial charge in [0.2, 0.25) is 11.0 Å². The predicted molar refractivity (Wildman–Crippen MR) is 95.0 cm³/mol. The van der Waals surface area contributed by atoms with Crippen LogP contribution >= 0.6 is 0 Å². The molecule has 1 aromatic carbocycles. The van der Waals surface area contributed by atoms with E-state index in [1.807, 2.05) is 30.3 Å². The molecule has 0 fully saturated rings.